The number of carbonyl (C=O) groups is 1. The summed E-state index contributed by atoms with van der Waals surface area (Å²) in [5, 5.41) is 0. The van der Waals surface area contributed by atoms with Crippen LogP contribution in [0.25, 0.3) is 0 Å². The van der Waals surface area contributed by atoms with Gasteiger partial charge in [0.05, 0.1) is 6.61 Å². The Morgan fingerprint density at radius 3 is 2.37 bits per heavy atom. The summed E-state index contributed by atoms with van der Waals surface area (Å²) in [6, 6.07) is 0. The summed E-state index contributed by atoms with van der Waals surface area (Å²) in [6.07, 6.45) is -0.770. The van der Waals surface area contributed by atoms with E-state index in [9.17, 15) is 26.4 Å². The quantitative estimate of drug-likeness (QED) is 0.451. The van der Waals surface area contributed by atoms with Gasteiger partial charge in [0.1, 0.15) is 0 Å². The van der Waals surface area contributed by atoms with Crippen molar-refractivity contribution in [3.8, 4) is 0 Å². The molecule has 0 aromatic heterocycles. The molecule has 1 rings (SSSR count). The summed E-state index contributed by atoms with van der Waals surface area (Å²) < 4.78 is 71.0. The third-order valence-electron chi connectivity index (χ3n) is 2.08. The fraction of sp³-hybridized carbons (Fsp3) is 0.667. The molecule has 110 valence electrons. The minimum Gasteiger partial charge on any atom is -0.434 e. The maximum Gasteiger partial charge on any atom is 0.534 e. The maximum absolute atomic E-state index is 12.1. The summed E-state index contributed by atoms with van der Waals surface area (Å²) in [7, 11) is -5.75. The Morgan fingerprint density at radius 1 is 1.26 bits per heavy atom. The van der Waals surface area contributed by atoms with E-state index >= 15 is 0 Å². The molecule has 0 fully saturated rings. The van der Waals surface area contributed by atoms with Crippen LogP contribution in [0.4, 0.5) is 18.0 Å². The normalized spacial score (nSPS) is 16.4. The van der Waals surface area contributed by atoms with Gasteiger partial charge in [0.2, 0.25) is 0 Å². The molecule has 0 radical (unpaired) electrons. The van der Waals surface area contributed by atoms with Gasteiger partial charge in [0, 0.05) is 12.8 Å². The highest BCUT2D eigenvalue weighted by Gasteiger charge is 2.49. The second kappa shape index (κ2) is 5.68. The fourth-order valence-corrected chi connectivity index (χ4v) is 1.85. The number of ether oxygens (including phenoxy) is 2. The van der Waals surface area contributed by atoms with Crippen LogP contribution in [0.15, 0.2) is 11.5 Å². The van der Waals surface area contributed by atoms with Crippen molar-refractivity contribution < 1.29 is 40.0 Å². The number of allylic oxidation sites excluding steroid dienone is 2. The van der Waals surface area contributed by atoms with Gasteiger partial charge in [-0.3, -0.25) is 0 Å². The van der Waals surface area contributed by atoms with Gasteiger partial charge < -0.3 is 13.7 Å². The van der Waals surface area contributed by atoms with E-state index in [1.165, 1.54) is 6.92 Å². The molecule has 10 heteroatoms. The first-order valence-electron chi connectivity index (χ1n) is 5.24. The van der Waals surface area contributed by atoms with E-state index in [0.717, 1.165) is 0 Å². The van der Waals surface area contributed by atoms with Crippen LogP contribution in [-0.4, -0.2) is 26.7 Å². The lowest BCUT2D eigenvalue weighted by Crippen LogP contribution is -2.25. The Labute approximate surface area is 107 Å². The van der Waals surface area contributed by atoms with Crippen molar-refractivity contribution >= 4 is 16.3 Å². The molecule has 0 aromatic carbocycles. The average molecular weight is 304 g/mol. The first-order valence-corrected chi connectivity index (χ1v) is 6.65. The molecule has 0 saturated heterocycles. The topological polar surface area (TPSA) is 78.9 Å². The summed E-state index contributed by atoms with van der Waals surface area (Å²) in [4.78, 5) is 11.0. The largest absolute Gasteiger partial charge is 0.534 e. The molecule has 0 N–H and O–H groups in total. The Hall–Kier alpha value is -1.45. The Kier molecular flexibility index (Phi) is 4.66. The van der Waals surface area contributed by atoms with Crippen LogP contribution in [0.5, 0.6) is 0 Å². The molecule has 0 atom stereocenters. The van der Waals surface area contributed by atoms with E-state index in [0.29, 0.717) is 6.42 Å². The molecule has 0 spiro atoms. The van der Waals surface area contributed by atoms with Gasteiger partial charge in [-0.25, -0.2) is 4.79 Å². The number of rotatable bonds is 4. The maximum atomic E-state index is 12.1. The molecule has 1 aliphatic carbocycles. The van der Waals surface area contributed by atoms with Gasteiger partial charge in [0.15, 0.2) is 11.5 Å². The van der Waals surface area contributed by atoms with Crippen LogP contribution in [0, 0.1) is 0 Å². The highest BCUT2D eigenvalue weighted by Crippen LogP contribution is 2.33. The summed E-state index contributed by atoms with van der Waals surface area (Å²) in [5.74, 6) is -0.781. The highest BCUT2D eigenvalue weighted by atomic mass is 32.2. The lowest BCUT2D eigenvalue weighted by molar-refractivity contribution is -0.0524. The molecule has 6 nitrogen and oxygen atoms in total. The fourth-order valence-electron chi connectivity index (χ4n) is 1.31. The molecule has 1 aliphatic rings. The van der Waals surface area contributed by atoms with E-state index < -0.39 is 27.5 Å². The summed E-state index contributed by atoms with van der Waals surface area (Å²) >= 11 is 0. The van der Waals surface area contributed by atoms with Crippen molar-refractivity contribution in [1.82, 2.24) is 0 Å². The molecule has 0 aliphatic heterocycles. The van der Waals surface area contributed by atoms with Gasteiger partial charge in [-0.2, -0.15) is 21.6 Å². The first-order chi connectivity index (χ1) is 8.67. The Morgan fingerprint density at radius 2 is 1.84 bits per heavy atom. The van der Waals surface area contributed by atoms with Gasteiger partial charge in [0.25, 0.3) is 0 Å². The van der Waals surface area contributed by atoms with Crippen molar-refractivity contribution in [2.24, 2.45) is 0 Å². The van der Waals surface area contributed by atoms with Gasteiger partial charge >= 0.3 is 21.8 Å². The number of hydrogen-bond acceptors (Lipinski definition) is 6. The zero-order valence-corrected chi connectivity index (χ0v) is 10.6. The first kappa shape index (κ1) is 15.6. The lowest BCUT2D eigenvalue weighted by atomic mass is 10.3. The van der Waals surface area contributed by atoms with E-state index in [-0.39, 0.29) is 25.2 Å². The second-order valence-electron chi connectivity index (χ2n) is 3.47. The molecular formula is C9H11F3O6S. The van der Waals surface area contributed by atoms with Crippen molar-refractivity contribution in [3.63, 3.8) is 0 Å². The lowest BCUT2D eigenvalue weighted by Gasteiger charge is -2.11. The number of halogens is 3. The van der Waals surface area contributed by atoms with Crippen LogP contribution >= 0.6 is 0 Å². The predicted octanol–water partition coefficient (Wildman–Crippen LogP) is 2.42. The minimum atomic E-state index is -5.75. The predicted molar refractivity (Wildman–Crippen MR) is 55.0 cm³/mol. The molecule has 0 unspecified atom stereocenters. The van der Waals surface area contributed by atoms with Crippen LogP contribution < -0.4 is 0 Å². The van der Waals surface area contributed by atoms with Crippen LogP contribution in [0.1, 0.15) is 26.2 Å². The molecule has 0 aromatic rings. The van der Waals surface area contributed by atoms with Crippen LogP contribution in [-0.2, 0) is 23.8 Å². The second-order valence-corrected chi connectivity index (χ2v) is 5.01. The SMILES string of the molecule is CCOC(=O)OC1=C(OS(=O)(=O)C(F)(F)F)CCC1. The highest BCUT2D eigenvalue weighted by molar-refractivity contribution is 7.87. The number of alkyl halides is 3. The third kappa shape index (κ3) is 4.01. The Bertz CT molecular complexity index is 479. The monoisotopic (exact) mass is 304 g/mol. The molecule has 0 saturated carbocycles. The molecule has 0 heterocycles. The van der Waals surface area contributed by atoms with Crippen molar-refractivity contribution in [2.45, 2.75) is 31.7 Å². The average Bonchev–Trinajstić information content (AvgIpc) is 2.63. The van der Waals surface area contributed by atoms with Crippen molar-refractivity contribution in [3.05, 3.63) is 11.5 Å². The molecule has 0 amide bonds. The molecular weight excluding hydrogens is 293 g/mol. The van der Waals surface area contributed by atoms with Crippen molar-refractivity contribution in [2.75, 3.05) is 6.61 Å². The van der Waals surface area contributed by atoms with Crippen molar-refractivity contribution in [1.29, 1.82) is 0 Å². The van der Waals surface area contributed by atoms with E-state index in [2.05, 4.69) is 13.7 Å². The standard InChI is InChI=1S/C9H11F3O6S/c1-2-16-8(13)17-6-4-3-5-7(6)18-19(14,15)9(10,11)12/h2-5H2,1H3. The van der Waals surface area contributed by atoms with E-state index in [1.54, 1.807) is 0 Å². The Balaban J connectivity index is 2.83. The third-order valence-corrected chi connectivity index (χ3v) is 3.07. The number of hydrogen-bond donors (Lipinski definition) is 0. The molecule has 0 bridgehead atoms. The number of carbonyl (C=O) groups excluding carboxylic acids is 1. The minimum absolute atomic E-state index is 0.0170. The van der Waals surface area contributed by atoms with Gasteiger partial charge in [-0.1, -0.05) is 0 Å². The smallest absolute Gasteiger partial charge is 0.434 e. The summed E-state index contributed by atoms with van der Waals surface area (Å²) in [6.45, 7) is 1.53. The van der Waals surface area contributed by atoms with E-state index in [1.807, 2.05) is 0 Å². The zero-order valence-electron chi connectivity index (χ0n) is 9.82. The zero-order chi connectivity index (χ0) is 14.7. The van der Waals surface area contributed by atoms with E-state index in [4.69, 9.17) is 0 Å². The molecule has 19 heavy (non-hydrogen) atoms. The van der Waals surface area contributed by atoms with Gasteiger partial charge in [-0.05, 0) is 13.3 Å². The van der Waals surface area contributed by atoms with Crippen LogP contribution in [0.3, 0.4) is 0 Å². The van der Waals surface area contributed by atoms with Gasteiger partial charge in [-0.15, -0.1) is 0 Å². The summed E-state index contributed by atoms with van der Waals surface area (Å²) in [5.41, 5.74) is -5.53. The van der Waals surface area contributed by atoms with Crippen LogP contribution in [0.2, 0.25) is 0 Å².